The summed E-state index contributed by atoms with van der Waals surface area (Å²) < 4.78 is 15.1. The number of carbonyl (C=O) groups is 1. The summed E-state index contributed by atoms with van der Waals surface area (Å²) in [5.41, 5.74) is 1.47. The number of fused-ring (bicyclic) bond motifs is 1. The lowest BCUT2D eigenvalue weighted by atomic mass is 10.0. The number of benzene rings is 2. The van der Waals surface area contributed by atoms with Gasteiger partial charge in [0.2, 0.25) is 5.56 Å². The molecule has 1 saturated heterocycles. The number of rotatable bonds is 5. The first-order valence-electron chi connectivity index (χ1n) is 10.6. The third-order valence-electron chi connectivity index (χ3n) is 5.76. The zero-order chi connectivity index (χ0) is 22.0. The fraction of sp³-hybridized carbons (Fsp3) is 0.333. The second-order valence-electron chi connectivity index (χ2n) is 8.25. The topological polar surface area (TPSA) is 88.3 Å². The Hall–Kier alpha value is -2.61. The van der Waals surface area contributed by atoms with Crippen LogP contribution in [0, 0.1) is 5.92 Å². The number of hydrogen-bond donors (Lipinski definition) is 2. The van der Waals surface area contributed by atoms with Gasteiger partial charge in [-0.3, -0.25) is 9.59 Å². The molecule has 2 aromatic carbocycles. The zero-order valence-electron chi connectivity index (χ0n) is 17.8. The molecule has 0 radical (unpaired) electrons. The number of nitrogens with zero attached hydrogens (tertiary/aromatic N) is 1. The smallest absolute Gasteiger partial charge is 0.252 e. The molecule has 2 heterocycles. The molecular weight excluding hydrogens is 410 g/mol. The van der Waals surface area contributed by atoms with Crippen LogP contribution in [0.3, 0.4) is 0 Å². The molecular formula is C24H27N3O3S. The normalized spacial score (nSPS) is 19.1. The summed E-state index contributed by atoms with van der Waals surface area (Å²) in [7, 11) is 0. The maximum Gasteiger partial charge on any atom is 0.252 e. The molecule has 31 heavy (non-hydrogen) atoms. The van der Waals surface area contributed by atoms with Gasteiger partial charge in [-0.15, -0.1) is 4.31 Å². The Bertz CT molecular complexity index is 1130. The first-order valence-corrected chi connectivity index (χ1v) is 11.7. The largest absolute Gasteiger partial charge is 0.593 e. The average Bonchev–Trinajstić information content (AvgIpc) is 2.78. The molecule has 1 aliphatic rings. The fourth-order valence-corrected chi connectivity index (χ4v) is 5.46. The van der Waals surface area contributed by atoms with Crippen molar-refractivity contribution in [3.05, 3.63) is 76.1 Å². The molecule has 3 atom stereocenters. The number of H-pyrrole nitrogens is 1. The van der Waals surface area contributed by atoms with Gasteiger partial charge in [-0.25, -0.2) is 0 Å². The van der Waals surface area contributed by atoms with E-state index in [1.807, 2.05) is 41.6 Å². The van der Waals surface area contributed by atoms with Gasteiger partial charge in [-0.1, -0.05) is 37.3 Å². The van der Waals surface area contributed by atoms with Crippen LogP contribution in [0.4, 0.5) is 0 Å². The van der Waals surface area contributed by atoms with Gasteiger partial charge in [0.05, 0.1) is 23.0 Å². The Morgan fingerprint density at radius 1 is 1.23 bits per heavy atom. The van der Waals surface area contributed by atoms with Gasteiger partial charge in [0.1, 0.15) is 0 Å². The highest BCUT2D eigenvalue weighted by Gasteiger charge is 2.28. The molecule has 4 rings (SSSR count). The standard InChI is InChI=1S/C24H27N3O3S/c1-16-7-6-12-27(15-16)31(30)19-10-11-22-20(13-19)21(14-23(28)26-22)24(29)25-17(2)18-8-4-3-5-9-18/h3-5,8-11,13-14,16-17H,6-7,12,15H2,1-2H3,(H,25,29)(H,26,28). The lowest BCUT2D eigenvalue weighted by Gasteiger charge is -2.30. The summed E-state index contributed by atoms with van der Waals surface area (Å²) in [6, 6.07) is 16.0. The highest BCUT2D eigenvalue weighted by Crippen LogP contribution is 2.26. The highest BCUT2D eigenvalue weighted by molar-refractivity contribution is 7.89. The minimum atomic E-state index is -1.30. The van der Waals surface area contributed by atoms with Crippen LogP contribution in [0.25, 0.3) is 10.9 Å². The van der Waals surface area contributed by atoms with Crippen LogP contribution < -0.4 is 10.9 Å². The molecule has 0 saturated carbocycles. The molecule has 0 bridgehead atoms. The van der Waals surface area contributed by atoms with Crippen LogP contribution in [0.15, 0.2) is 64.3 Å². The van der Waals surface area contributed by atoms with Crippen molar-refractivity contribution in [3.8, 4) is 0 Å². The number of carbonyl (C=O) groups excluding carboxylic acids is 1. The van der Waals surface area contributed by atoms with E-state index in [1.54, 1.807) is 18.2 Å². The van der Waals surface area contributed by atoms with E-state index in [-0.39, 0.29) is 23.1 Å². The predicted molar refractivity (Wildman–Crippen MR) is 123 cm³/mol. The molecule has 3 unspecified atom stereocenters. The van der Waals surface area contributed by atoms with Crippen LogP contribution >= 0.6 is 0 Å². The van der Waals surface area contributed by atoms with Gasteiger partial charge in [-0.05, 0) is 43.4 Å². The van der Waals surface area contributed by atoms with E-state index >= 15 is 0 Å². The lowest BCUT2D eigenvalue weighted by Crippen LogP contribution is -2.39. The zero-order valence-corrected chi connectivity index (χ0v) is 18.6. The minimum absolute atomic E-state index is 0.213. The highest BCUT2D eigenvalue weighted by atomic mass is 32.2. The quantitative estimate of drug-likeness (QED) is 0.595. The Balaban J connectivity index is 1.65. The van der Waals surface area contributed by atoms with Gasteiger partial charge in [0, 0.05) is 36.1 Å². The third-order valence-corrected chi connectivity index (χ3v) is 7.22. The van der Waals surface area contributed by atoms with Gasteiger partial charge >= 0.3 is 0 Å². The van der Waals surface area contributed by atoms with E-state index in [2.05, 4.69) is 17.2 Å². The van der Waals surface area contributed by atoms with Crippen molar-refractivity contribution in [2.75, 3.05) is 13.1 Å². The third kappa shape index (κ3) is 4.84. The van der Waals surface area contributed by atoms with E-state index in [9.17, 15) is 14.1 Å². The van der Waals surface area contributed by atoms with E-state index in [1.165, 1.54) is 6.07 Å². The molecule has 3 aromatic rings. The summed E-state index contributed by atoms with van der Waals surface area (Å²) >= 11 is -1.30. The van der Waals surface area contributed by atoms with E-state index < -0.39 is 11.4 Å². The number of pyridine rings is 1. The number of piperidine rings is 1. The maximum absolute atomic E-state index is 13.2. The average molecular weight is 438 g/mol. The first-order chi connectivity index (χ1) is 14.9. The van der Waals surface area contributed by atoms with Crippen molar-refractivity contribution in [1.82, 2.24) is 14.6 Å². The Morgan fingerprint density at radius 3 is 2.74 bits per heavy atom. The molecule has 1 fully saturated rings. The second kappa shape index (κ2) is 9.26. The first kappa shape index (κ1) is 21.6. The molecule has 0 spiro atoms. The van der Waals surface area contributed by atoms with Crippen molar-refractivity contribution in [2.24, 2.45) is 5.92 Å². The van der Waals surface area contributed by atoms with Crippen molar-refractivity contribution < 1.29 is 9.35 Å². The summed E-state index contributed by atoms with van der Waals surface area (Å²) in [5.74, 6) is 0.178. The summed E-state index contributed by atoms with van der Waals surface area (Å²) in [6.07, 6.45) is 2.18. The van der Waals surface area contributed by atoms with Crippen LogP contribution in [0.5, 0.6) is 0 Å². The SMILES string of the molecule is CC1CCCN([S+]([O-])c2ccc3[nH]c(=O)cc(C(=O)NC(C)c4ccccc4)c3c2)C1. The number of nitrogens with one attached hydrogen (secondary N) is 2. The molecule has 6 nitrogen and oxygen atoms in total. The number of hydrogen-bond acceptors (Lipinski definition) is 4. The van der Waals surface area contributed by atoms with Crippen LogP contribution in [-0.2, 0) is 11.4 Å². The second-order valence-corrected chi connectivity index (χ2v) is 9.73. The maximum atomic E-state index is 13.2. The molecule has 1 aromatic heterocycles. The molecule has 1 aliphatic heterocycles. The molecule has 7 heteroatoms. The number of aromatic amines is 1. The van der Waals surface area contributed by atoms with Gasteiger partial charge in [-0.2, -0.15) is 0 Å². The van der Waals surface area contributed by atoms with Crippen molar-refractivity contribution in [1.29, 1.82) is 0 Å². The van der Waals surface area contributed by atoms with Crippen LogP contribution in [0.1, 0.15) is 48.7 Å². The predicted octanol–water partition coefficient (Wildman–Crippen LogP) is 3.77. The van der Waals surface area contributed by atoms with Crippen molar-refractivity contribution in [2.45, 2.75) is 37.6 Å². The van der Waals surface area contributed by atoms with E-state index in [4.69, 9.17) is 0 Å². The van der Waals surface area contributed by atoms with E-state index in [0.29, 0.717) is 21.7 Å². The van der Waals surface area contributed by atoms with Crippen molar-refractivity contribution in [3.63, 3.8) is 0 Å². The summed E-state index contributed by atoms with van der Waals surface area (Å²) in [4.78, 5) is 28.6. The molecule has 162 valence electrons. The molecule has 1 amide bonds. The number of amides is 1. The van der Waals surface area contributed by atoms with Gasteiger partial charge in [0.25, 0.3) is 5.91 Å². The molecule has 0 aliphatic carbocycles. The molecule has 2 N–H and O–H groups in total. The lowest BCUT2D eigenvalue weighted by molar-refractivity contribution is 0.0941. The van der Waals surface area contributed by atoms with E-state index in [0.717, 1.165) is 31.5 Å². The Morgan fingerprint density at radius 2 is 2.00 bits per heavy atom. The number of aromatic nitrogens is 1. The minimum Gasteiger partial charge on any atom is -0.593 e. The Labute approximate surface area is 185 Å². The summed E-state index contributed by atoms with van der Waals surface area (Å²) in [5, 5.41) is 3.56. The monoisotopic (exact) mass is 437 g/mol. The fourth-order valence-electron chi connectivity index (χ4n) is 4.07. The van der Waals surface area contributed by atoms with Crippen LogP contribution in [-0.4, -0.2) is 32.8 Å². The summed E-state index contributed by atoms with van der Waals surface area (Å²) in [6.45, 7) is 5.66. The Kier molecular flexibility index (Phi) is 6.46. The van der Waals surface area contributed by atoms with Crippen LogP contribution in [0.2, 0.25) is 0 Å². The van der Waals surface area contributed by atoms with Crippen molar-refractivity contribution >= 4 is 28.2 Å². The van der Waals surface area contributed by atoms with Gasteiger partial charge in [0.15, 0.2) is 4.90 Å². The van der Waals surface area contributed by atoms with Gasteiger partial charge < -0.3 is 14.9 Å².